The summed E-state index contributed by atoms with van der Waals surface area (Å²) in [5.74, 6) is 0.0681. The molecule has 0 aliphatic heterocycles. The third-order valence-electron chi connectivity index (χ3n) is 4.07. The number of hydrogen-bond acceptors (Lipinski definition) is 2. The van der Waals surface area contributed by atoms with Gasteiger partial charge in [0.2, 0.25) is 5.91 Å². The van der Waals surface area contributed by atoms with E-state index in [9.17, 15) is 9.59 Å². The van der Waals surface area contributed by atoms with Crippen LogP contribution in [0, 0.1) is 5.92 Å². The number of para-hydroxylation sites is 1. The van der Waals surface area contributed by atoms with E-state index >= 15 is 0 Å². The second-order valence-electron chi connectivity index (χ2n) is 5.76. The largest absolute Gasteiger partial charge is 0.349 e. The molecule has 20 heavy (non-hydrogen) atoms. The number of amides is 2. The average molecular weight is 272 g/mol. The minimum absolute atomic E-state index is 0.0502. The highest BCUT2D eigenvalue weighted by molar-refractivity contribution is 6.04. The first-order valence-electron chi connectivity index (χ1n) is 7.45. The number of carbonyl (C=O) groups is 2. The fourth-order valence-corrected chi connectivity index (χ4v) is 2.70. The van der Waals surface area contributed by atoms with Crippen molar-refractivity contribution in [2.45, 2.75) is 44.6 Å². The fraction of sp³-hybridized carbons (Fsp3) is 0.500. The van der Waals surface area contributed by atoms with Crippen molar-refractivity contribution >= 4 is 17.5 Å². The molecule has 0 aromatic heterocycles. The second kappa shape index (κ2) is 5.65. The summed E-state index contributed by atoms with van der Waals surface area (Å²) in [5.41, 5.74) is 1.19. The van der Waals surface area contributed by atoms with Crippen LogP contribution in [0.3, 0.4) is 0 Å². The first-order valence-corrected chi connectivity index (χ1v) is 7.45. The van der Waals surface area contributed by atoms with E-state index in [1.54, 1.807) is 12.1 Å². The SMILES string of the molecule is O=C(NC1CC1)c1ccccc1NC(=O)C1CCCC1. The number of carbonyl (C=O) groups excluding carboxylic acids is 2. The number of hydrogen-bond donors (Lipinski definition) is 2. The molecule has 0 bridgehead atoms. The van der Waals surface area contributed by atoms with E-state index in [0.717, 1.165) is 38.5 Å². The molecule has 0 atom stereocenters. The third-order valence-corrected chi connectivity index (χ3v) is 4.07. The summed E-state index contributed by atoms with van der Waals surface area (Å²) in [5, 5.41) is 5.89. The van der Waals surface area contributed by atoms with Crippen molar-refractivity contribution in [2.24, 2.45) is 5.92 Å². The monoisotopic (exact) mass is 272 g/mol. The van der Waals surface area contributed by atoms with Gasteiger partial charge in [-0.1, -0.05) is 25.0 Å². The smallest absolute Gasteiger partial charge is 0.253 e. The Morgan fingerprint density at radius 3 is 2.40 bits per heavy atom. The predicted octanol–water partition coefficient (Wildman–Crippen LogP) is 2.71. The van der Waals surface area contributed by atoms with Crippen molar-refractivity contribution in [1.82, 2.24) is 5.32 Å². The van der Waals surface area contributed by atoms with Gasteiger partial charge in [0.05, 0.1) is 11.3 Å². The third kappa shape index (κ3) is 3.00. The van der Waals surface area contributed by atoms with E-state index in [4.69, 9.17) is 0 Å². The minimum Gasteiger partial charge on any atom is -0.349 e. The van der Waals surface area contributed by atoms with Gasteiger partial charge in [0.25, 0.3) is 5.91 Å². The van der Waals surface area contributed by atoms with E-state index in [0.29, 0.717) is 17.3 Å². The molecule has 0 radical (unpaired) electrons. The van der Waals surface area contributed by atoms with Gasteiger partial charge in [0, 0.05) is 12.0 Å². The van der Waals surface area contributed by atoms with Gasteiger partial charge in [-0.25, -0.2) is 0 Å². The number of anilines is 1. The Morgan fingerprint density at radius 2 is 1.70 bits per heavy atom. The zero-order valence-corrected chi connectivity index (χ0v) is 11.5. The highest BCUT2D eigenvalue weighted by atomic mass is 16.2. The van der Waals surface area contributed by atoms with Crippen LogP contribution >= 0.6 is 0 Å². The molecular formula is C16H20N2O2. The van der Waals surface area contributed by atoms with Crippen LogP contribution in [0.25, 0.3) is 0 Å². The van der Waals surface area contributed by atoms with Crippen LogP contribution in [0.5, 0.6) is 0 Å². The minimum atomic E-state index is -0.0881. The van der Waals surface area contributed by atoms with Crippen LogP contribution in [0.1, 0.15) is 48.9 Å². The number of benzene rings is 1. The lowest BCUT2D eigenvalue weighted by molar-refractivity contribution is -0.119. The van der Waals surface area contributed by atoms with Crippen molar-refractivity contribution in [2.75, 3.05) is 5.32 Å². The quantitative estimate of drug-likeness (QED) is 0.885. The van der Waals surface area contributed by atoms with E-state index in [2.05, 4.69) is 10.6 Å². The molecule has 2 amide bonds. The Bertz CT molecular complexity index is 517. The van der Waals surface area contributed by atoms with Gasteiger partial charge in [-0.05, 0) is 37.8 Å². The van der Waals surface area contributed by atoms with Crippen LogP contribution < -0.4 is 10.6 Å². The summed E-state index contributed by atoms with van der Waals surface area (Å²) >= 11 is 0. The highest BCUT2D eigenvalue weighted by Gasteiger charge is 2.26. The Balaban J connectivity index is 1.71. The maximum atomic E-state index is 12.2. The molecule has 4 heteroatoms. The van der Waals surface area contributed by atoms with Crippen LogP contribution in [-0.4, -0.2) is 17.9 Å². The maximum absolute atomic E-state index is 12.2. The summed E-state index contributed by atoms with van der Waals surface area (Å²) < 4.78 is 0. The van der Waals surface area contributed by atoms with Crippen LogP contribution in [0.4, 0.5) is 5.69 Å². The molecule has 1 aromatic carbocycles. The zero-order chi connectivity index (χ0) is 13.9. The summed E-state index contributed by atoms with van der Waals surface area (Å²) in [6.45, 7) is 0. The normalized spacial score (nSPS) is 18.8. The second-order valence-corrected chi connectivity index (χ2v) is 5.76. The predicted molar refractivity (Wildman–Crippen MR) is 77.5 cm³/mol. The van der Waals surface area contributed by atoms with Crippen molar-refractivity contribution in [3.63, 3.8) is 0 Å². The van der Waals surface area contributed by atoms with Gasteiger partial charge in [-0.3, -0.25) is 9.59 Å². The molecule has 0 saturated heterocycles. The molecule has 2 saturated carbocycles. The molecule has 4 nitrogen and oxygen atoms in total. The van der Waals surface area contributed by atoms with Gasteiger partial charge in [0.15, 0.2) is 0 Å². The van der Waals surface area contributed by atoms with E-state index < -0.39 is 0 Å². The topological polar surface area (TPSA) is 58.2 Å². The zero-order valence-electron chi connectivity index (χ0n) is 11.5. The first-order chi connectivity index (χ1) is 9.74. The Hall–Kier alpha value is -1.84. The summed E-state index contributed by atoms with van der Waals surface area (Å²) in [6, 6.07) is 7.56. The van der Waals surface area contributed by atoms with Crippen LogP contribution in [-0.2, 0) is 4.79 Å². The molecule has 2 aliphatic rings. The van der Waals surface area contributed by atoms with Gasteiger partial charge >= 0.3 is 0 Å². The Morgan fingerprint density at radius 1 is 1.00 bits per heavy atom. The van der Waals surface area contributed by atoms with Gasteiger partial charge in [-0.15, -0.1) is 0 Å². The van der Waals surface area contributed by atoms with Crippen molar-refractivity contribution in [1.29, 1.82) is 0 Å². The van der Waals surface area contributed by atoms with Crippen molar-refractivity contribution in [3.05, 3.63) is 29.8 Å². The molecule has 1 aromatic rings. The lowest BCUT2D eigenvalue weighted by Gasteiger charge is -2.13. The standard InChI is InChI=1S/C16H20N2O2/c19-15(11-5-1-2-6-11)18-14-8-4-3-7-13(14)16(20)17-12-9-10-12/h3-4,7-8,11-12H,1-2,5-6,9-10H2,(H,17,20)(H,18,19). The van der Waals surface area contributed by atoms with Crippen LogP contribution in [0.15, 0.2) is 24.3 Å². The molecule has 0 spiro atoms. The lowest BCUT2D eigenvalue weighted by atomic mass is 10.1. The summed E-state index contributed by atoms with van der Waals surface area (Å²) in [7, 11) is 0. The van der Waals surface area contributed by atoms with Crippen LogP contribution in [0.2, 0.25) is 0 Å². The van der Waals surface area contributed by atoms with Crippen molar-refractivity contribution < 1.29 is 9.59 Å². The lowest BCUT2D eigenvalue weighted by Crippen LogP contribution is -2.28. The molecule has 0 unspecified atom stereocenters. The highest BCUT2D eigenvalue weighted by Crippen LogP contribution is 2.27. The van der Waals surface area contributed by atoms with E-state index in [-0.39, 0.29) is 17.7 Å². The van der Waals surface area contributed by atoms with Gasteiger partial charge in [0.1, 0.15) is 0 Å². The molecule has 3 rings (SSSR count). The maximum Gasteiger partial charge on any atom is 0.253 e. The molecular weight excluding hydrogens is 252 g/mol. The van der Waals surface area contributed by atoms with Crippen molar-refractivity contribution in [3.8, 4) is 0 Å². The van der Waals surface area contributed by atoms with E-state index in [1.165, 1.54) is 0 Å². The molecule has 106 valence electrons. The average Bonchev–Trinajstić information content (AvgIpc) is 3.08. The molecule has 2 fully saturated rings. The number of nitrogens with one attached hydrogen (secondary N) is 2. The molecule has 2 aliphatic carbocycles. The first kappa shape index (κ1) is 13.2. The van der Waals surface area contributed by atoms with Gasteiger partial charge < -0.3 is 10.6 Å². The Labute approximate surface area is 118 Å². The Kier molecular flexibility index (Phi) is 3.72. The molecule has 0 heterocycles. The van der Waals surface area contributed by atoms with E-state index in [1.807, 2.05) is 12.1 Å². The summed E-state index contributed by atoms with van der Waals surface area (Å²) in [4.78, 5) is 24.3. The van der Waals surface area contributed by atoms with Gasteiger partial charge in [-0.2, -0.15) is 0 Å². The number of rotatable bonds is 4. The summed E-state index contributed by atoms with van der Waals surface area (Å²) in [6.07, 6.45) is 6.29. The fourth-order valence-electron chi connectivity index (χ4n) is 2.70. The molecule has 2 N–H and O–H groups in total.